The Kier molecular flexibility index (Phi) is 13.7. The lowest BCUT2D eigenvalue weighted by Crippen LogP contribution is -2.68. The van der Waals surface area contributed by atoms with Gasteiger partial charge >= 0.3 is 5.97 Å². The van der Waals surface area contributed by atoms with E-state index in [0.717, 1.165) is 35.7 Å². The number of unbranched alkanes of at least 4 members (excludes halogenated alkanes) is 9. The molecular formula is C33H48O4Si. The van der Waals surface area contributed by atoms with Crippen LogP contribution < -0.4 is 10.4 Å². The van der Waals surface area contributed by atoms with Gasteiger partial charge in [-0.25, -0.2) is 4.79 Å². The number of carboxylic acid groups (broad SMARTS) is 1. The van der Waals surface area contributed by atoms with Crippen LogP contribution in [0.1, 0.15) is 98.3 Å². The summed E-state index contributed by atoms with van der Waals surface area (Å²) in [5.41, 5.74) is 0. The van der Waals surface area contributed by atoms with Gasteiger partial charge in [0.1, 0.15) is 6.10 Å². The lowest BCUT2D eigenvalue weighted by Gasteiger charge is -2.44. The Morgan fingerprint density at radius 3 is 1.63 bits per heavy atom. The normalized spacial score (nSPS) is 13.1. The number of carbonyl (C=O) groups excluding carboxylic acids is 1. The smallest absolute Gasteiger partial charge is 0.328 e. The fraction of sp³-hybridized carbons (Fsp3) is 0.515. The molecule has 0 aliphatic heterocycles. The van der Waals surface area contributed by atoms with Gasteiger partial charge in [0.05, 0.1) is 0 Å². The van der Waals surface area contributed by atoms with Crippen LogP contribution in [0.5, 0.6) is 0 Å². The maximum Gasteiger partial charge on any atom is 0.328 e. The second kappa shape index (κ2) is 16.5. The highest BCUT2D eigenvalue weighted by Crippen LogP contribution is 2.38. The van der Waals surface area contributed by atoms with Crippen molar-refractivity contribution in [1.82, 2.24) is 0 Å². The van der Waals surface area contributed by atoms with Crippen molar-refractivity contribution in [2.75, 3.05) is 0 Å². The Morgan fingerprint density at radius 2 is 1.21 bits per heavy atom. The first-order valence-corrected chi connectivity index (χ1v) is 16.4. The molecule has 4 nitrogen and oxygen atoms in total. The Labute approximate surface area is 231 Å². The van der Waals surface area contributed by atoms with Gasteiger partial charge < -0.3 is 9.53 Å². The van der Waals surface area contributed by atoms with Crippen molar-refractivity contribution in [1.29, 1.82) is 0 Å². The molecule has 0 radical (unpaired) electrons. The third kappa shape index (κ3) is 9.67. The third-order valence-corrected chi connectivity index (χ3v) is 12.3. The van der Waals surface area contributed by atoms with Gasteiger partial charge in [0, 0.05) is 6.08 Å². The SMILES string of the molecule is CCCCCCCCCCCC[C@H](O[Si](c1ccccc1)(c1ccccc1)C(C)(C)C)C(=O)/C=C\C(=O)O. The van der Waals surface area contributed by atoms with E-state index in [-0.39, 0.29) is 10.8 Å². The molecule has 0 bridgehead atoms. The molecule has 0 spiro atoms. The lowest BCUT2D eigenvalue weighted by atomic mass is 10.0. The molecule has 1 N–H and O–H groups in total. The van der Waals surface area contributed by atoms with Crippen LogP contribution in [0.3, 0.4) is 0 Å². The Bertz CT molecular complexity index is 940. The number of aliphatic carboxylic acids is 1. The molecule has 0 aliphatic rings. The van der Waals surface area contributed by atoms with Gasteiger partial charge in [-0.1, -0.05) is 153 Å². The fourth-order valence-electron chi connectivity index (χ4n) is 5.24. The predicted octanol–water partition coefficient (Wildman–Crippen LogP) is 7.45. The van der Waals surface area contributed by atoms with Crippen LogP contribution >= 0.6 is 0 Å². The van der Waals surface area contributed by atoms with Gasteiger partial charge in [0.25, 0.3) is 8.32 Å². The predicted molar refractivity (Wildman–Crippen MR) is 161 cm³/mol. The van der Waals surface area contributed by atoms with E-state index in [9.17, 15) is 9.59 Å². The quantitative estimate of drug-likeness (QED) is 0.122. The molecule has 0 saturated carbocycles. The number of hydrogen-bond acceptors (Lipinski definition) is 3. The van der Waals surface area contributed by atoms with Crippen LogP contribution in [-0.4, -0.2) is 31.3 Å². The molecule has 2 aromatic carbocycles. The average molecular weight is 537 g/mol. The van der Waals surface area contributed by atoms with Crippen molar-refractivity contribution < 1.29 is 19.1 Å². The van der Waals surface area contributed by atoms with Crippen molar-refractivity contribution >= 4 is 30.4 Å². The van der Waals surface area contributed by atoms with E-state index in [1.165, 1.54) is 51.0 Å². The monoisotopic (exact) mass is 536 g/mol. The summed E-state index contributed by atoms with van der Waals surface area (Å²) in [6.45, 7) is 8.81. The first-order valence-electron chi connectivity index (χ1n) is 14.5. The second-order valence-electron chi connectivity index (χ2n) is 11.3. The molecule has 5 heteroatoms. The molecule has 208 valence electrons. The summed E-state index contributed by atoms with van der Waals surface area (Å²) in [4.78, 5) is 24.5. The maximum atomic E-state index is 13.4. The van der Waals surface area contributed by atoms with Gasteiger partial charge in [0.15, 0.2) is 5.78 Å². The maximum absolute atomic E-state index is 13.4. The zero-order valence-electron chi connectivity index (χ0n) is 24.0. The van der Waals surface area contributed by atoms with Gasteiger partial charge in [-0.15, -0.1) is 0 Å². The summed E-state index contributed by atoms with van der Waals surface area (Å²) in [7, 11) is -2.93. The van der Waals surface area contributed by atoms with Gasteiger partial charge in [-0.05, 0) is 27.9 Å². The highest BCUT2D eigenvalue weighted by Gasteiger charge is 2.52. The number of carboxylic acids is 1. The Morgan fingerprint density at radius 1 is 0.763 bits per heavy atom. The van der Waals surface area contributed by atoms with Crippen LogP contribution in [-0.2, 0) is 14.0 Å². The van der Waals surface area contributed by atoms with E-state index in [2.05, 4.69) is 52.0 Å². The summed E-state index contributed by atoms with van der Waals surface area (Å²) >= 11 is 0. The first-order chi connectivity index (χ1) is 18.2. The van der Waals surface area contributed by atoms with Gasteiger partial charge in [-0.3, -0.25) is 4.79 Å². The molecule has 0 aromatic heterocycles. The largest absolute Gasteiger partial charge is 0.478 e. The minimum Gasteiger partial charge on any atom is -0.478 e. The number of carbonyl (C=O) groups is 2. The van der Waals surface area contributed by atoms with E-state index in [1.54, 1.807) is 0 Å². The molecule has 2 aromatic rings. The number of benzene rings is 2. The van der Waals surface area contributed by atoms with Crippen molar-refractivity contribution in [2.24, 2.45) is 0 Å². The van der Waals surface area contributed by atoms with Crippen molar-refractivity contribution in [3.05, 3.63) is 72.8 Å². The second-order valence-corrected chi connectivity index (χ2v) is 15.6. The van der Waals surface area contributed by atoms with Crippen LogP contribution in [0.15, 0.2) is 72.8 Å². The third-order valence-electron chi connectivity index (χ3n) is 7.26. The molecule has 0 amide bonds. The van der Waals surface area contributed by atoms with Gasteiger partial charge in [0.2, 0.25) is 0 Å². The summed E-state index contributed by atoms with van der Waals surface area (Å²) in [6, 6.07) is 20.5. The summed E-state index contributed by atoms with van der Waals surface area (Å²) in [5.74, 6) is -1.39. The highest BCUT2D eigenvalue weighted by atomic mass is 28.4. The minimum atomic E-state index is -2.93. The van der Waals surface area contributed by atoms with Crippen LogP contribution in [0.2, 0.25) is 5.04 Å². The summed E-state index contributed by atoms with van der Waals surface area (Å²) in [6.07, 6.45) is 14.2. The Hall–Kier alpha value is -2.50. The van der Waals surface area contributed by atoms with Crippen molar-refractivity contribution in [3.8, 4) is 0 Å². The van der Waals surface area contributed by atoms with Crippen molar-refractivity contribution in [3.63, 3.8) is 0 Å². The molecule has 0 aliphatic carbocycles. The minimum absolute atomic E-state index is 0.261. The first kappa shape index (κ1) is 31.7. The number of ketones is 1. The molecule has 0 heterocycles. The van der Waals surface area contributed by atoms with E-state index < -0.39 is 20.4 Å². The van der Waals surface area contributed by atoms with Crippen LogP contribution in [0.4, 0.5) is 0 Å². The van der Waals surface area contributed by atoms with Crippen molar-refractivity contribution in [2.45, 2.75) is 109 Å². The lowest BCUT2D eigenvalue weighted by molar-refractivity contribution is -0.132. The Balaban J connectivity index is 2.25. The molecule has 0 unspecified atom stereocenters. The van der Waals surface area contributed by atoms with E-state index in [4.69, 9.17) is 9.53 Å². The van der Waals surface area contributed by atoms with E-state index >= 15 is 0 Å². The van der Waals surface area contributed by atoms with Crippen LogP contribution in [0, 0.1) is 0 Å². The average Bonchev–Trinajstić information content (AvgIpc) is 2.90. The van der Waals surface area contributed by atoms with Gasteiger partial charge in [-0.2, -0.15) is 0 Å². The number of rotatable bonds is 18. The van der Waals surface area contributed by atoms with E-state index in [0.29, 0.717) is 6.42 Å². The zero-order chi connectivity index (χ0) is 27.9. The summed E-state index contributed by atoms with van der Waals surface area (Å²) < 4.78 is 7.10. The van der Waals surface area contributed by atoms with E-state index in [1.807, 2.05) is 36.4 Å². The summed E-state index contributed by atoms with van der Waals surface area (Å²) in [5, 5.41) is 11.1. The molecule has 0 fully saturated rings. The molecule has 1 atom stereocenters. The highest BCUT2D eigenvalue weighted by molar-refractivity contribution is 6.99. The zero-order valence-corrected chi connectivity index (χ0v) is 25.0. The molecule has 38 heavy (non-hydrogen) atoms. The molecule has 0 saturated heterocycles. The van der Waals surface area contributed by atoms with Crippen LogP contribution in [0.25, 0.3) is 0 Å². The topological polar surface area (TPSA) is 63.6 Å². The fourth-order valence-corrected chi connectivity index (χ4v) is 9.92. The number of hydrogen-bond donors (Lipinski definition) is 1. The molecular weight excluding hydrogens is 488 g/mol. The standard InChI is InChI=1S/C33H48O4Si/c1-5-6-7-8-9-10-11-12-13-20-25-31(30(34)26-27-32(35)36)37-38(33(2,3)4,28-21-16-14-17-22-28)29-23-18-15-19-24-29/h14-19,21-24,26-27,31H,5-13,20,25H2,1-4H3,(H,35,36)/b27-26-/t31-/m0/s1. The molecule has 2 rings (SSSR count).